The Bertz CT molecular complexity index is 1750. The minimum atomic E-state index is -4.03. The molecule has 0 unspecified atom stereocenters. The van der Waals surface area contributed by atoms with E-state index in [1.54, 1.807) is 50.6 Å². The summed E-state index contributed by atoms with van der Waals surface area (Å²) in [6, 6.07) is 6.74. The van der Waals surface area contributed by atoms with E-state index in [9.17, 15) is 18.0 Å². The Hall–Kier alpha value is -4.08. The van der Waals surface area contributed by atoms with Crippen molar-refractivity contribution in [2.45, 2.75) is 18.4 Å². The third-order valence-corrected chi connectivity index (χ3v) is 10.1. The van der Waals surface area contributed by atoms with Gasteiger partial charge in [0.15, 0.2) is 0 Å². The molecule has 0 spiro atoms. The molecule has 3 aromatic heterocycles. The molecule has 1 saturated heterocycles. The van der Waals surface area contributed by atoms with Gasteiger partial charge in [0.05, 0.1) is 31.6 Å². The van der Waals surface area contributed by atoms with E-state index in [2.05, 4.69) is 15.0 Å². The molecule has 1 aliphatic rings. The van der Waals surface area contributed by atoms with Gasteiger partial charge in [-0.05, 0) is 25.1 Å². The van der Waals surface area contributed by atoms with Crippen molar-refractivity contribution in [1.82, 2.24) is 23.8 Å². The van der Waals surface area contributed by atoms with Crippen LogP contribution in [-0.4, -0.2) is 85.6 Å². The monoisotopic (exact) mass is 599 g/mol. The number of aryl methyl sites for hydroxylation is 1. The lowest BCUT2D eigenvalue weighted by atomic mass is 10.2. The van der Waals surface area contributed by atoms with Gasteiger partial charge in [-0.15, -0.1) is 11.3 Å². The van der Waals surface area contributed by atoms with Gasteiger partial charge in [-0.2, -0.15) is 4.31 Å². The number of benzene rings is 1. The van der Waals surface area contributed by atoms with Crippen LogP contribution in [0.15, 0.2) is 52.7 Å². The number of ether oxygens (including phenoxy) is 2. The Labute approximate surface area is 240 Å². The van der Waals surface area contributed by atoms with Crippen molar-refractivity contribution in [2.24, 2.45) is 0 Å². The number of sulfonamides is 1. The Morgan fingerprint density at radius 2 is 1.78 bits per heavy atom. The first kappa shape index (κ1) is 28.4. The summed E-state index contributed by atoms with van der Waals surface area (Å²) in [5.74, 6) is 1.10. The molecule has 13 nitrogen and oxygen atoms in total. The number of fused-ring (bicyclic) bond motifs is 1. The summed E-state index contributed by atoms with van der Waals surface area (Å²) >= 11 is 1.14. The number of likely N-dealkylation sites (N-methyl/N-ethyl adjacent to an activating group) is 1. The lowest BCUT2D eigenvalue weighted by Crippen LogP contribution is -2.49. The molecule has 0 saturated carbocycles. The fourth-order valence-electron chi connectivity index (χ4n) is 4.70. The molecule has 1 aromatic carbocycles. The summed E-state index contributed by atoms with van der Waals surface area (Å²) in [5, 5.41) is -0.0127. The lowest BCUT2D eigenvalue weighted by molar-refractivity contribution is -0.118. The predicted molar refractivity (Wildman–Crippen MR) is 155 cm³/mol. The highest BCUT2D eigenvalue weighted by atomic mass is 32.2. The quantitative estimate of drug-likeness (QED) is 0.294. The van der Waals surface area contributed by atoms with Crippen LogP contribution in [0.3, 0.4) is 0 Å². The summed E-state index contributed by atoms with van der Waals surface area (Å²) in [7, 11) is 0.547. The molecule has 5 rings (SSSR count). The standard InChI is InChI=1S/C26H29N7O6S2/c1-17-23(41(36,37)33-12-10-31(11-13-33)26-27-8-5-9-28-26)22-24(40-17)29-16-32(25(22)35)15-21(34)30(2)19-7-6-18(38-3)14-20(19)39-4/h5-9,14,16H,10-13,15H2,1-4H3. The topological polar surface area (TPSA) is 140 Å². The van der Waals surface area contributed by atoms with E-state index in [4.69, 9.17) is 9.47 Å². The Balaban J connectivity index is 1.42. The number of piperazine rings is 1. The van der Waals surface area contributed by atoms with Crippen LogP contribution in [0.1, 0.15) is 4.88 Å². The van der Waals surface area contributed by atoms with Crippen molar-refractivity contribution in [3.05, 3.63) is 58.2 Å². The second-order valence-corrected chi connectivity index (χ2v) is 12.4. The molecule has 1 aliphatic heterocycles. The van der Waals surface area contributed by atoms with Crippen molar-refractivity contribution in [2.75, 3.05) is 57.2 Å². The largest absolute Gasteiger partial charge is 0.497 e. The highest BCUT2D eigenvalue weighted by Gasteiger charge is 2.34. The lowest BCUT2D eigenvalue weighted by Gasteiger charge is -2.33. The van der Waals surface area contributed by atoms with Gasteiger partial charge in [0, 0.05) is 56.6 Å². The van der Waals surface area contributed by atoms with E-state index in [0.29, 0.717) is 45.9 Å². The van der Waals surface area contributed by atoms with E-state index in [-0.39, 0.29) is 29.9 Å². The number of methoxy groups -OCH3 is 2. The maximum Gasteiger partial charge on any atom is 0.263 e. The van der Waals surface area contributed by atoms with Crippen LogP contribution in [0.5, 0.6) is 11.5 Å². The number of thiophene rings is 1. The molecule has 0 N–H and O–H groups in total. The molecule has 1 fully saturated rings. The molecule has 1 amide bonds. The van der Waals surface area contributed by atoms with E-state index >= 15 is 0 Å². The molecule has 41 heavy (non-hydrogen) atoms. The molecule has 4 aromatic rings. The maximum absolute atomic E-state index is 13.8. The number of aromatic nitrogens is 4. The van der Waals surface area contributed by atoms with E-state index in [0.717, 1.165) is 15.9 Å². The molecule has 0 bridgehead atoms. The van der Waals surface area contributed by atoms with Crippen LogP contribution >= 0.6 is 11.3 Å². The van der Waals surface area contributed by atoms with Crippen molar-refractivity contribution in [3.63, 3.8) is 0 Å². The number of rotatable bonds is 8. The molecule has 0 aliphatic carbocycles. The first-order valence-electron chi connectivity index (χ1n) is 12.6. The smallest absolute Gasteiger partial charge is 0.263 e. The summed E-state index contributed by atoms with van der Waals surface area (Å²) in [6.45, 7) is 2.53. The zero-order chi connectivity index (χ0) is 29.3. The van der Waals surface area contributed by atoms with Crippen LogP contribution in [-0.2, 0) is 21.4 Å². The van der Waals surface area contributed by atoms with Gasteiger partial charge in [-0.3, -0.25) is 14.2 Å². The molecule has 15 heteroatoms. The van der Waals surface area contributed by atoms with Crippen LogP contribution < -0.4 is 24.8 Å². The number of carbonyl (C=O) groups is 1. The van der Waals surface area contributed by atoms with Crippen molar-refractivity contribution >= 4 is 49.1 Å². The van der Waals surface area contributed by atoms with Crippen molar-refractivity contribution in [3.8, 4) is 11.5 Å². The third kappa shape index (κ3) is 5.35. The number of carbonyl (C=O) groups excluding carboxylic acids is 1. The Kier molecular flexibility index (Phi) is 7.93. The first-order chi connectivity index (χ1) is 19.6. The Morgan fingerprint density at radius 3 is 2.44 bits per heavy atom. The average Bonchev–Trinajstić information content (AvgIpc) is 3.35. The summed E-state index contributed by atoms with van der Waals surface area (Å²) in [6.07, 6.45) is 4.55. The number of anilines is 2. The molecule has 216 valence electrons. The summed E-state index contributed by atoms with van der Waals surface area (Å²) in [5.41, 5.74) is -0.118. The normalized spacial score (nSPS) is 14.3. The number of hydrogen-bond acceptors (Lipinski definition) is 11. The molecule has 4 heterocycles. The molecule has 0 atom stereocenters. The number of hydrogen-bond donors (Lipinski definition) is 0. The van der Waals surface area contributed by atoms with E-state index in [1.165, 1.54) is 29.8 Å². The summed E-state index contributed by atoms with van der Waals surface area (Å²) < 4.78 is 40.8. The number of nitrogens with zero attached hydrogens (tertiary/aromatic N) is 7. The van der Waals surface area contributed by atoms with E-state index in [1.807, 2.05) is 4.90 Å². The Morgan fingerprint density at radius 1 is 1.07 bits per heavy atom. The minimum Gasteiger partial charge on any atom is -0.497 e. The van der Waals surface area contributed by atoms with Gasteiger partial charge in [0.2, 0.25) is 21.9 Å². The highest BCUT2D eigenvalue weighted by molar-refractivity contribution is 7.89. The van der Waals surface area contributed by atoms with Crippen LogP contribution in [0.25, 0.3) is 10.2 Å². The van der Waals surface area contributed by atoms with Gasteiger partial charge >= 0.3 is 0 Å². The molecule has 0 radical (unpaired) electrons. The zero-order valence-corrected chi connectivity index (χ0v) is 24.6. The zero-order valence-electron chi connectivity index (χ0n) is 23.0. The van der Waals surface area contributed by atoms with Gasteiger partial charge in [0.25, 0.3) is 5.56 Å². The molecular weight excluding hydrogens is 570 g/mol. The fraction of sp³-hybridized carbons (Fsp3) is 0.346. The maximum atomic E-state index is 13.8. The molecular formula is C26H29N7O6S2. The predicted octanol–water partition coefficient (Wildman–Crippen LogP) is 1.75. The fourth-order valence-corrected chi connectivity index (χ4v) is 7.79. The van der Waals surface area contributed by atoms with Gasteiger partial charge in [-0.1, -0.05) is 0 Å². The van der Waals surface area contributed by atoms with Gasteiger partial charge < -0.3 is 19.3 Å². The van der Waals surface area contributed by atoms with Crippen molar-refractivity contribution < 1.29 is 22.7 Å². The van der Waals surface area contributed by atoms with Crippen LogP contribution in [0.2, 0.25) is 0 Å². The number of amides is 1. The second-order valence-electron chi connectivity index (χ2n) is 9.28. The first-order valence-corrected chi connectivity index (χ1v) is 14.9. The second kappa shape index (κ2) is 11.4. The van der Waals surface area contributed by atoms with E-state index < -0.39 is 21.5 Å². The third-order valence-electron chi connectivity index (χ3n) is 6.90. The minimum absolute atomic E-state index is 0.0127. The highest BCUT2D eigenvalue weighted by Crippen LogP contribution is 2.34. The SMILES string of the molecule is COc1ccc(N(C)C(=O)Cn2cnc3sc(C)c(S(=O)(=O)N4CCN(c5ncccn5)CC4)c3c2=O)c(OC)c1. The van der Waals surface area contributed by atoms with Crippen molar-refractivity contribution in [1.29, 1.82) is 0 Å². The van der Waals surface area contributed by atoms with Gasteiger partial charge in [-0.25, -0.2) is 23.4 Å². The van der Waals surface area contributed by atoms with Crippen LogP contribution in [0, 0.1) is 6.92 Å². The summed E-state index contributed by atoms with van der Waals surface area (Å²) in [4.78, 5) is 43.7. The average molecular weight is 600 g/mol. The van der Waals surface area contributed by atoms with Gasteiger partial charge in [0.1, 0.15) is 27.8 Å². The van der Waals surface area contributed by atoms with Crippen LogP contribution in [0.4, 0.5) is 11.6 Å².